The average molecular weight is 820 g/mol. The van der Waals surface area contributed by atoms with Gasteiger partial charge in [-0.15, -0.1) is 11.3 Å². The van der Waals surface area contributed by atoms with Crippen molar-refractivity contribution in [1.29, 1.82) is 0 Å². The van der Waals surface area contributed by atoms with Crippen LogP contribution in [-0.2, 0) is 0 Å². The van der Waals surface area contributed by atoms with Crippen molar-refractivity contribution < 1.29 is 4.42 Å². The highest BCUT2D eigenvalue weighted by atomic mass is 32.1. The van der Waals surface area contributed by atoms with Crippen LogP contribution in [0, 0.1) is 0 Å². The lowest BCUT2D eigenvalue weighted by Gasteiger charge is -2.12. The maximum Gasteiger partial charge on any atom is 0.236 e. The van der Waals surface area contributed by atoms with Crippen LogP contribution in [0.4, 0.5) is 0 Å². The van der Waals surface area contributed by atoms with Crippen molar-refractivity contribution >= 4 is 135 Å². The summed E-state index contributed by atoms with van der Waals surface area (Å²) in [5.74, 6) is 0.645. The van der Waals surface area contributed by atoms with Gasteiger partial charge in [-0.3, -0.25) is 4.57 Å². The second-order valence-corrected chi connectivity index (χ2v) is 17.9. The molecule has 0 atom stereocenters. The summed E-state index contributed by atoms with van der Waals surface area (Å²) < 4.78 is 15.1. The van der Waals surface area contributed by atoms with E-state index in [-0.39, 0.29) is 0 Å². The van der Waals surface area contributed by atoms with E-state index in [1.54, 1.807) is 11.3 Å². The lowest BCUT2D eigenvalue weighted by atomic mass is 10.0. The highest BCUT2D eigenvalue weighted by molar-refractivity contribution is 7.25. The van der Waals surface area contributed by atoms with Crippen molar-refractivity contribution in [3.8, 4) is 22.9 Å². The molecule has 7 aromatic heterocycles. The van der Waals surface area contributed by atoms with Crippen LogP contribution in [0.25, 0.3) is 147 Å². The van der Waals surface area contributed by atoms with Crippen LogP contribution in [0.15, 0.2) is 180 Å². The van der Waals surface area contributed by atoms with Crippen molar-refractivity contribution in [3.63, 3.8) is 0 Å². The molecule has 7 heterocycles. The Morgan fingerprint density at radius 3 is 2.03 bits per heavy atom. The molecule has 0 spiro atoms. The third-order valence-corrected chi connectivity index (χ3v) is 14.8. The lowest BCUT2D eigenvalue weighted by molar-refractivity contribution is 0.669. The van der Waals surface area contributed by atoms with Gasteiger partial charge >= 0.3 is 0 Å². The lowest BCUT2D eigenvalue weighted by Crippen LogP contribution is -2.03. The maximum atomic E-state index is 6.70. The maximum absolute atomic E-state index is 6.70. The molecule has 6 nitrogen and oxygen atoms in total. The first-order valence-electron chi connectivity index (χ1n) is 21.3. The van der Waals surface area contributed by atoms with E-state index in [2.05, 4.69) is 189 Å². The Kier molecular flexibility index (Phi) is 5.86. The van der Waals surface area contributed by atoms with Gasteiger partial charge in [-0.2, -0.15) is 0 Å². The van der Waals surface area contributed by atoms with E-state index in [0.29, 0.717) is 5.95 Å². The minimum absolute atomic E-state index is 0.645. The van der Waals surface area contributed by atoms with E-state index < -0.39 is 0 Å². The number of para-hydroxylation sites is 2. The molecule has 0 amide bonds. The monoisotopic (exact) mass is 819 g/mol. The number of aromatic nitrogens is 5. The largest absolute Gasteiger partial charge is 0.456 e. The van der Waals surface area contributed by atoms with Crippen LogP contribution in [-0.4, -0.2) is 23.5 Å². The fraction of sp³-hybridized carbons (Fsp3) is 0. The predicted octanol–water partition coefficient (Wildman–Crippen LogP) is 15.2. The van der Waals surface area contributed by atoms with Gasteiger partial charge < -0.3 is 13.4 Å². The van der Waals surface area contributed by atoms with E-state index in [0.717, 1.165) is 82.1 Å². The summed E-state index contributed by atoms with van der Waals surface area (Å²) >= 11 is 1.73. The molecule has 16 rings (SSSR count). The highest BCUT2D eigenvalue weighted by Gasteiger charge is 2.28. The molecule has 0 N–H and O–H groups in total. The molecule has 7 heteroatoms. The topological polar surface area (TPSA) is 53.2 Å². The molecule has 63 heavy (non-hydrogen) atoms. The van der Waals surface area contributed by atoms with Crippen molar-refractivity contribution in [2.75, 3.05) is 0 Å². The number of thiophene rings is 1. The summed E-state index contributed by atoms with van der Waals surface area (Å²) in [6.07, 6.45) is 0. The molecule has 16 aromatic rings. The molecule has 0 bridgehead atoms. The van der Waals surface area contributed by atoms with Crippen LogP contribution in [0.5, 0.6) is 0 Å². The predicted molar refractivity (Wildman–Crippen MR) is 262 cm³/mol. The number of hydrogen-bond donors (Lipinski definition) is 0. The fourth-order valence-corrected chi connectivity index (χ4v) is 12.4. The number of furan rings is 1. The zero-order chi connectivity index (χ0) is 40.7. The first-order valence-corrected chi connectivity index (χ1v) is 22.1. The fourth-order valence-electron chi connectivity index (χ4n) is 11.3. The van der Waals surface area contributed by atoms with E-state index in [1.807, 2.05) is 0 Å². The molecule has 9 aromatic carbocycles. The smallest absolute Gasteiger partial charge is 0.236 e. The second kappa shape index (κ2) is 11.4. The molecular weight excluding hydrogens is 791 g/mol. The Hall–Kier alpha value is -8.26. The van der Waals surface area contributed by atoms with Gasteiger partial charge in [0.15, 0.2) is 0 Å². The summed E-state index contributed by atoms with van der Waals surface area (Å²) in [6.45, 7) is 0. The van der Waals surface area contributed by atoms with E-state index in [1.165, 1.54) is 58.8 Å². The molecule has 0 saturated carbocycles. The normalized spacial score (nSPS) is 12.8. The zero-order valence-corrected chi connectivity index (χ0v) is 34.1. The van der Waals surface area contributed by atoms with Crippen LogP contribution in [0.1, 0.15) is 0 Å². The van der Waals surface area contributed by atoms with Gasteiger partial charge in [0.05, 0.1) is 49.7 Å². The summed E-state index contributed by atoms with van der Waals surface area (Å²) in [5.41, 5.74) is 12.8. The molecule has 0 fully saturated rings. The van der Waals surface area contributed by atoms with Gasteiger partial charge in [-0.25, -0.2) is 9.97 Å². The van der Waals surface area contributed by atoms with E-state index in [4.69, 9.17) is 14.4 Å². The van der Waals surface area contributed by atoms with Gasteiger partial charge in [0.1, 0.15) is 16.0 Å². The Balaban J connectivity index is 1.06. The highest BCUT2D eigenvalue weighted by Crippen LogP contribution is 2.49. The molecule has 0 aliphatic carbocycles. The minimum atomic E-state index is 0.645. The van der Waals surface area contributed by atoms with Crippen molar-refractivity contribution in [1.82, 2.24) is 23.5 Å². The van der Waals surface area contributed by atoms with Crippen molar-refractivity contribution in [2.24, 2.45) is 0 Å². The van der Waals surface area contributed by atoms with Crippen LogP contribution >= 0.6 is 11.3 Å². The third kappa shape index (κ3) is 3.95. The summed E-state index contributed by atoms with van der Waals surface area (Å²) in [6, 6.07) is 63.7. The van der Waals surface area contributed by atoms with Crippen LogP contribution < -0.4 is 0 Å². The Labute approximate surface area is 360 Å². The zero-order valence-electron chi connectivity index (χ0n) is 33.3. The minimum Gasteiger partial charge on any atom is -0.456 e. The van der Waals surface area contributed by atoms with Gasteiger partial charge in [-0.1, -0.05) is 103 Å². The van der Waals surface area contributed by atoms with E-state index >= 15 is 0 Å². The molecule has 0 aliphatic heterocycles. The Morgan fingerprint density at radius 1 is 0.413 bits per heavy atom. The quantitative estimate of drug-likeness (QED) is 0.178. The average Bonchev–Trinajstić information content (AvgIpc) is 4.12. The first-order chi connectivity index (χ1) is 31.3. The SMILES string of the molecule is c1ccc2cc(-n3c4ccccc4c4c(-c5nc(-n6c7ccc8oc9ccc%10c%11ccccc%11n%11c%12cccc6c%12c7c8c9c%10%11)nc6sc7ccccc7c56)cccc43)ccc2c1. The van der Waals surface area contributed by atoms with Gasteiger partial charge in [0.2, 0.25) is 5.95 Å². The van der Waals surface area contributed by atoms with Gasteiger partial charge in [-0.05, 0) is 83.6 Å². The standard InChI is InChI=1S/C56H29N5OS/c1-2-12-31-29-32(24-23-30(31)11-1)59-39-18-7-4-14-35(39)47-37(16-9-19-40(47)59)53-48-36-15-5-8-22-46(36)63-55(48)58-56(57-53)61-42-21-10-20-41-49(42)50-43(61)26-28-44-51(50)52-45(62-44)27-25-34-33-13-3-6-17-38(33)60(41)54(34)52/h1-29H. The molecule has 0 saturated heterocycles. The van der Waals surface area contributed by atoms with Gasteiger partial charge in [0, 0.05) is 64.4 Å². The summed E-state index contributed by atoms with van der Waals surface area (Å²) in [5, 5.41) is 14.1. The van der Waals surface area contributed by atoms with Crippen molar-refractivity contribution in [3.05, 3.63) is 176 Å². The van der Waals surface area contributed by atoms with Gasteiger partial charge in [0.25, 0.3) is 0 Å². The van der Waals surface area contributed by atoms with Crippen LogP contribution in [0.2, 0.25) is 0 Å². The van der Waals surface area contributed by atoms with E-state index in [9.17, 15) is 0 Å². The number of hydrogen-bond acceptors (Lipinski definition) is 4. The number of benzene rings is 9. The second-order valence-electron chi connectivity index (χ2n) is 16.9. The number of nitrogens with zero attached hydrogens (tertiary/aromatic N) is 5. The first kappa shape index (κ1) is 32.5. The number of rotatable bonds is 3. The molecule has 0 unspecified atom stereocenters. The molecule has 290 valence electrons. The van der Waals surface area contributed by atoms with Crippen molar-refractivity contribution in [2.45, 2.75) is 0 Å². The summed E-state index contributed by atoms with van der Waals surface area (Å²) in [4.78, 5) is 12.3. The van der Waals surface area contributed by atoms with Crippen LogP contribution in [0.3, 0.4) is 0 Å². The Bertz CT molecular complexity index is 4630. The number of fused-ring (bicyclic) bond motifs is 11. The molecular formula is C56H29N5OS. The Morgan fingerprint density at radius 2 is 1.11 bits per heavy atom. The molecule has 0 radical (unpaired) electrons. The molecule has 0 aliphatic rings. The third-order valence-electron chi connectivity index (χ3n) is 13.8. The summed E-state index contributed by atoms with van der Waals surface area (Å²) in [7, 11) is 0.